The van der Waals surface area contributed by atoms with Gasteiger partial charge in [0.1, 0.15) is 0 Å². The molecule has 1 aliphatic rings. The Morgan fingerprint density at radius 2 is 2.00 bits per heavy atom. The molecule has 0 atom stereocenters. The average molecular weight is 233 g/mol. The lowest BCUT2D eigenvalue weighted by atomic mass is 10.0. The summed E-state index contributed by atoms with van der Waals surface area (Å²) in [4.78, 5) is 7.01. The second-order valence-corrected chi connectivity index (χ2v) is 4.88. The van der Waals surface area contributed by atoms with E-state index in [9.17, 15) is 0 Å². The summed E-state index contributed by atoms with van der Waals surface area (Å²) in [5.74, 6) is 0. The van der Waals surface area contributed by atoms with E-state index in [2.05, 4.69) is 41.2 Å². The van der Waals surface area contributed by atoms with Crippen molar-refractivity contribution >= 4 is 5.69 Å². The van der Waals surface area contributed by atoms with Gasteiger partial charge in [-0.2, -0.15) is 0 Å². The molecule has 1 aromatic rings. The minimum absolute atomic E-state index is 0.704. The number of aromatic nitrogens is 1. The number of hydrogen-bond acceptors (Lipinski definition) is 3. The standard InChI is InChI=1S/C14H23N3/c1-4-15-13-7-9-17(10-8-13)14-6-5-11(2)16-12(14)3/h5-6,13,15H,4,7-10H2,1-3H3. The van der Waals surface area contributed by atoms with Crippen LogP contribution in [0.25, 0.3) is 0 Å². The van der Waals surface area contributed by atoms with Crippen LogP contribution in [0.5, 0.6) is 0 Å². The molecule has 0 unspecified atom stereocenters. The molecule has 0 radical (unpaired) electrons. The van der Waals surface area contributed by atoms with E-state index in [1.165, 1.54) is 18.5 Å². The van der Waals surface area contributed by atoms with Crippen LogP contribution in [0.4, 0.5) is 5.69 Å². The van der Waals surface area contributed by atoms with Crippen LogP contribution in [0.15, 0.2) is 12.1 Å². The molecule has 3 heteroatoms. The maximum Gasteiger partial charge on any atom is 0.0608 e. The first kappa shape index (κ1) is 12.4. The third kappa shape index (κ3) is 2.97. The molecule has 0 bridgehead atoms. The number of pyridine rings is 1. The van der Waals surface area contributed by atoms with Crippen molar-refractivity contribution in [3.63, 3.8) is 0 Å². The highest BCUT2D eigenvalue weighted by molar-refractivity contribution is 5.51. The zero-order valence-electron chi connectivity index (χ0n) is 11.2. The summed E-state index contributed by atoms with van der Waals surface area (Å²) in [6.07, 6.45) is 2.47. The molecular weight excluding hydrogens is 210 g/mol. The van der Waals surface area contributed by atoms with Crippen LogP contribution in [0.1, 0.15) is 31.2 Å². The van der Waals surface area contributed by atoms with Gasteiger partial charge in [-0.25, -0.2) is 0 Å². The largest absolute Gasteiger partial charge is 0.370 e. The van der Waals surface area contributed by atoms with Gasteiger partial charge in [-0.05, 0) is 45.4 Å². The van der Waals surface area contributed by atoms with Crippen molar-refractivity contribution in [3.05, 3.63) is 23.5 Å². The van der Waals surface area contributed by atoms with E-state index in [0.29, 0.717) is 6.04 Å². The number of piperidine rings is 1. The van der Waals surface area contributed by atoms with Gasteiger partial charge in [0.25, 0.3) is 0 Å². The second-order valence-electron chi connectivity index (χ2n) is 4.88. The maximum atomic E-state index is 4.55. The molecule has 0 aliphatic carbocycles. The molecule has 1 fully saturated rings. The predicted molar refractivity (Wildman–Crippen MR) is 72.6 cm³/mol. The summed E-state index contributed by atoms with van der Waals surface area (Å²) in [5, 5.41) is 3.54. The highest BCUT2D eigenvalue weighted by Crippen LogP contribution is 2.22. The van der Waals surface area contributed by atoms with Crippen molar-refractivity contribution in [3.8, 4) is 0 Å². The van der Waals surface area contributed by atoms with E-state index in [4.69, 9.17) is 0 Å². The molecule has 2 rings (SSSR count). The summed E-state index contributed by atoms with van der Waals surface area (Å²) in [6.45, 7) is 9.70. The monoisotopic (exact) mass is 233 g/mol. The lowest BCUT2D eigenvalue weighted by Crippen LogP contribution is -2.42. The van der Waals surface area contributed by atoms with E-state index >= 15 is 0 Å². The van der Waals surface area contributed by atoms with Crippen LogP contribution >= 0.6 is 0 Å². The highest BCUT2D eigenvalue weighted by atomic mass is 15.2. The Hall–Kier alpha value is -1.09. The molecule has 17 heavy (non-hydrogen) atoms. The Morgan fingerprint density at radius 3 is 2.59 bits per heavy atom. The fraction of sp³-hybridized carbons (Fsp3) is 0.643. The number of aryl methyl sites for hydroxylation is 2. The molecule has 94 valence electrons. The first-order valence-electron chi connectivity index (χ1n) is 6.63. The second kappa shape index (κ2) is 5.50. The zero-order chi connectivity index (χ0) is 12.3. The minimum atomic E-state index is 0.704. The van der Waals surface area contributed by atoms with Crippen LogP contribution in [0, 0.1) is 13.8 Å². The van der Waals surface area contributed by atoms with Gasteiger partial charge in [-0.15, -0.1) is 0 Å². The fourth-order valence-electron chi connectivity index (χ4n) is 2.63. The SMILES string of the molecule is CCNC1CCN(c2ccc(C)nc2C)CC1. The molecule has 1 aromatic heterocycles. The maximum absolute atomic E-state index is 4.55. The van der Waals surface area contributed by atoms with E-state index in [-0.39, 0.29) is 0 Å². The first-order valence-corrected chi connectivity index (χ1v) is 6.63. The average Bonchev–Trinajstić information content (AvgIpc) is 2.31. The van der Waals surface area contributed by atoms with Crippen LogP contribution in [0.2, 0.25) is 0 Å². The van der Waals surface area contributed by atoms with Crippen molar-refractivity contribution in [1.82, 2.24) is 10.3 Å². The third-order valence-corrected chi connectivity index (χ3v) is 3.53. The Bertz CT molecular complexity index is 368. The molecule has 0 spiro atoms. The number of hydrogen-bond donors (Lipinski definition) is 1. The number of rotatable bonds is 3. The number of anilines is 1. The van der Waals surface area contributed by atoms with Gasteiger partial charge in [0.15, 0.2) is 0 Å². The number of nitrogens with one attached hydrogen (secondary N) is 1. The zero-order valence-corrected chi connectivity index (χ0v) is 11.2. The first-order chi connectivity index (χ1) is 8.20. The van der Waals surface area contributed by atoms with Crippen molar-refractivity contribution < 1.29 is 0 Å². The van der Waals surface area contributed by atoms with Gasteiger partial charge in [-0.1, -0.05) is 6.92 Å². The Balaban J connectivity index is 2.00. The minimum Gasteiger partial charge on any atom is -0.370 e. The Morgan fingerprint density at radius 1 is 1.29 bits per heavy atom. The van der Waals surface area contributed by atoms with Gasteiger partial charge >= 0.3 is 0 Å². The molecule has 2 heterocycles. The van der Waals surface area contributed by atoms with E-state index in [1.807, 2.05) is 6.92 Å². The number of nitrogens with zero attached hydrogens (tertiary/aromatic N) is 2. The lowest BCUT2D eigenvalue weighted by Gasteiger charge is -2.34. The highest BCUT2D eigenvalue weighted by Gasteiger charge is 2.19. The third-order valence-electron chi connectivity index (χ3n) is 3.53. The topological polar surface area (TPSA) is 28.2 Å². The van der Waals surface area contributed by atoms with Gasteiger partial charge in [0, 0.05) is 24.8 Å². The van der Waals surface area contributed by atoms with E-state index in [0.717, 1.165) is 31.0 Å². The summed E-state index contributed by atoms with van der Waals surface area (Å²) >= 11 is 0. The summed E-state index contributed by atoms with van der Waals surface area (Å²) < 4.78 is 0. The smallest absolute Gasteiger partial charge is 0.0608 e. The molecule has 1 saturated heterocycles. The van der Waals surface area contributed by atoms with Crippen molar-refractivity contribution in [2.45, 2.75) is 39.7 Å². The van der Waals surface area contributed by atoms with Crippen LogP contribution < -0.4 is 10.2 Å². The fourth-order valence-corrected chi connectivity index (χ4v) is 2.63. The van der Waals surface area contributed by atoms with Crippen LogP contribution in [-0.2, 0) is 0 Å². The van der Waals surface area contributed by atoms with Crippen LogP contribution in [0.3, 0.4) is 0 Å². The molecular formula is C14H23N3. The van der Waals surface area contributed by atoms with E-state index in [1.54, 1.807) is 0 Å². The van der Waals surface area contributed by atoms with Crippen molar-refractivity contribution in [1.29, 1.82) is 0 Å². The molecule has 1 aliphatic heterocycles. The van der Waals surface area contributed by atoms with E-state index < -0.39 is 0 Å². The molecule has 0 amide bonds. The molecule has 1 N–H and O–H groups in total. The van der Waals surface area contributed by atoms with Gasteiger partial charge in [0.2, 0.25) is 0 Å². The van der Waals surface area contributed by atoms with Gasteiger partial charge in [-0.3, -0.25) is 4.98 Å². The summed E-state index contributed by atoms with van der Waals surface area (Å²) in [6, 6.07) is 5.03. The molecule has 0 aromatic carbocycles. The molecule has 3 nitrogen and oxygen atoms in total. The summed E-state index contributed by atoms with van der Waals surface area (Å²) in [7, 11) is 0. The predicted octanol–water partition coefficient (Wildman–Crippen LogP) is 2.28. The normalized spacial score (nSPS) is 17.5. The molecule has 0 saturated carbocycles. The Labute approximate surface area is 104 Å². The van der Waals surface area contributed by atoms with Crippen molar-refractivity contribution in [2.24, 2.45) is 0 Å². The lowest BCUT2D eigenvalue weighted by molar-refractivity contribution is 0.423. The van der Waals surface area contributed by atoms with Crippen LogP contribution in [-0.4, -0.2) is 30.7 Å². The van der Waals surface area contributed by atoms with Gasteiger partial charge in [0.05, 0.1) is 11.4 Å². The van der Waals surface area contributed by atoms with Gasteiger partial charge < -0.3 is 10.2 Å². The quantitative estimate of drug-likeness (QED) is 0.868. The Kier molecular flexibility index (Phi) is 4.00. The summed E-state index contributed by atoms with van der Waals surface area (Å²) in [5.41, 5.74) is 3.58. The van der Waals surface area contributed by atoms with Crippen molar-refractivity contribution in [2.75, 3.05) is 24.5 Å².